The summed E-state index contributed by atoms with van der Waals surface area (Å²) in [6.45, 7) is 7.18. The van der Waals surface area contributed by atoms with Gasteiger partial charge in [-0.2, -0.15) is 5.26 Å². The molecule has 1 amide bonds. The van der Waals surface area contributed by atoms with Crippen LogP contribution in [-0.4, -0.2) is 17.8 Å². The van der Waals surface area contributed by atoms with Crippen LogP contribution in [0, 0.1) is 16.7 Å². The van der Waals surface area contributed by atoms with E-state index in [1.54, 1.807) is 55.5 Å². The number of ether oxygens (including phenoxy) is 1. The largest absolute Gasteiger partial charge is 0.483 e. The second-order valence-electron chi connectivity index (χ2n) is 7.04. The monoisotopic (exact) mass is 350 g/mol. The molecule has 26 heavy (non-hydrogen) atoms. The highest BCUT2D eigenvalue weighted by Gasteiger charge is 2.21. The minimum atomic E-state index is -0.669. The fraction of sp³-hybridized carbons (Fsp3) is 0.286. The maximum atomic E-state index is 12.5. The molecule has 0 saturated heterocycles. The van der Waals surface area contributed by atoms with Gasteiger partial charge in [-0.1, -0.05) is 20.8 Å². The van der Waals surface area contributed by atoms with Gasteiger partial charge in [0.1, 0.15) is 5.75 Å². The lowest BCUT2D eigenvalue weighted by molar-refractivity contribution is -0.123. The maximum Gasteiger partial charge on any atom is 0.229 e. The number of hydrogen-bond donors (Lipinski definition) is 1. The van der Waals surface area contributed by atoms with Gasteiger partial charge in [0.05, 0.1) is 11.6 Å². The normalized spacial score (nSPS) is 12.0. The van der Waals surface area contributed by atoms with Gasteiger partial charge in [0.2, 0.25) is 11.7 Å². The molecule has 134 valence electrons. The fourth-order valence-electron chi connectivity index (χ4n) is 2.14. The zero-order valence-corrected chi connectivity index (χ0v) is 15.4. The van der Waals surface area contributed by atoms with Crippen molar-refractivity contribution in [2.45, 2.75) is 33.8 Å². The Morgan fingerprint density at radius 2 is 1.62 bits per heavy atom. The molecular weight excluding hydrogens is 328 g/mol. The van der Waals surface area contributed by atoms with Crippen LogP contribution in [0.2, 0.25) is 0 Å². The van der Waals surface area contributed by atoms with Crippen molar-refractivity contribution < 1.29 is 14.3 Å². The Labute approximate surface area is 153 Å². The van der Waals surface area contributed by atoms with E-state index in [-0.39, 0.29) is 11.7 Å². The van der Waals surface area contributed by atoms with Crippen molar-refractivity contribution in [1.82, 2.24) is 0 Å². The maximum absolute atomic E-state index is 12.5. The Balaban J connectivity index is 2.02. The van der Waals surface area contributed by atoms with Gasteiger partial charge < -0.3 is 10.1 Å². The zero-order valence-electron chi connectivity index (χ0n) is 15.4. The van der Waals surface area contributed by atoms with Crippen molar-refractivity contribution in [3.8, 4) is 11.8 Å². The third-order valence-electron chi connectivity index (χ3n) is 3.77. The molecule has 0 aliphatic rings. The number of anilines is 1. The summed E-state index contributed by atoms with van der Waals surface area (Å²) in [6.07, 6.45) is -0.669. The molecule has 5 nitrogen and oxygen atoms in total. The predicted molar refractivity (Wildman–Crippen MR) is 100 cm³/mol. The van der Waals surface area contributed by atoms with Gasteiger partial charge >= 0.3 is 0 Å². The molecule has 1 N–H and O–H groups in total. The number of benzene rings is 2. The van der Waals surface area contributed by atoms with Crippen molar-refractivity contribution in [1.29, 1.82) is 5.26 Å². The van der Waals surface area contributed by atoms with Crippen LogP contribution >= 0.6 is 0 Å². The van der Waals surface area contributed by atoms with Crippen molar-refractivity contribution in [3.05, 3.63) is 59.7 Å². The molecule has 2 aromatic rings. The number of carbonyl (C=O) groups is 2. The number of nitriles is 1. The van der Waals surface area contributed by atoms with E-state index >= 15 is 0 Å². The molecule has 0 saturated carbocycles. The molecule has 0 heterocycles. The molecule has 0 spiro atoms. The van der Waals surface area contributed by atoms with Gasteiger partial charge in [0.25, 0.3) is 0 Å². The third-order valence-corrected chi connectivity index (χ3v) is 3.77. The van der Waals surface area contributed by atoms with Gasteiger partial charge in [-0.25, -0.2) is 0 Å². The average molecular weight is 350 g/mol. The van der Waals surface area contributed by atoms with Crippen LogP contribution in [-0.2, 0) is 4.79 Å². The van der Waals surface area contributed by atoms with E-state index in [1.165, 1.54) is 0 Å². The Morgan fingerprint density at radius 3 is 2.12 bits per heavy atom. The Kier molecular flexibility index (Phi) is 5.78. The number of amides is 1. The molecule has 5 heteroatoms. The van der Waals surface area contributed by atoms with E-state index in [2.05, 4.69) is 5.32 Å². The molecular formula is C21H22N2O3. The summed E-state index contributed by atoms with van der Waals surface area (Å²) in [4.78, 5) is 24.5. The fourth-order valence-corrected chi connectivity index (χ4v) is 2.14. The quantitative estimate of drug-likeness (QED) is 0.820. The van der Waals surface area contributed by atoms with Gasteiger partial charge in [-0.15, -0.1) is 0 Å². The number of ketones is 1. The van der Waals surface area contributed by atoms with E-state index in [1.807, 2.05) is 26.8 Å². The van der Waals surface area contributed by atoms with Crippen LogP contribution < -0.4 is 10.1 Å². The van der Waals surface area contributed by atoms with Crippen molar-refractivity contribution in [2.75, 3.05) is 5.32 Å². The SMILES string of the molecule is C[C@H](Oc1ccc(C#N)cc1)C(=O)c1ccc(NC(=O)C(C)(C)C)cc1. The Bertz CT molecular complexity index is 826. The highest BCUT2D eigenvalue weighted by atomic mass is 16.5. The van der Waals surface area contributed by atoms with Gasteiger partial charge in [0, 0.05) is 16.7 Å². The first-order chi connectivity index (χ1) is 12.2. The second-order valence-corrected chi connectivity index (χ2v) is 7.04. The minimum Gasteiger partial charge on any atom is -0.483 e. The van der Waals surface area contributed by atoms with Crippen LogP contribution in [0.3, 0.4) is 0 Å². The van der Waals surface area contributed by atoms with E-state index < -0.39 is 11.5 Å². The number of rotatable bonds is 5. The molecule has 2 aromatic carbocycles. The first kappa shape index (κ1) is 19.2. The third kappa shape index (κ3) is 4.93. The molecule has 0 radical (unpaired) electrons. The summed E-state index contributed by atoms with van der Waals surface area (Å²) in [6, 6.07) is 15.4. The van der Waals surface area contributed by atoms with Crippen LogP contribution in [0.15, 0.2) is 48.5 Å². The molecule has 2 rings (SSSR count). The van der Waals surface area contributed by atoms with E-state index in [0.717, 1.165) is 0 Å². The second kappa shape index (κ2) is 7.83. The number of carbonyl (C=O) groups excluding carboxylic acids is 2. The molecule has 0 fully saturated rings. The summed E-state index contributed by atoms with van der Waals surface area (Å²) >= 11 is 0. The van der Waals surface area contributed by atoms with Gasteiger partial charge in [0.15, 0.2) is 6.10 Å². The van der Waals surface area contributed by atoms with Crippen molar-refractivity contribution in [3.63, 3.8) is 0 Å². The molecule has 1 atom stereocenters. The lowest BCUT2D eigenvalue weighted by Crippen LogP contribution is -2.27. The lowest BCUT2D eigenvalue weighted by Gasteiger charge is -2.18. The molecule has 0 aliphatic carbocycles. The average Bonchev–Trinajstić information content (AvgIpc) is 2.61. The standard InChI is InChI=1S/C21H22N2O3/c1-14(26-18-11-5-15(13-22)6-12-18)19(24)16-7-9-17(10-8-16)23-20(25)21(2,3)4/h5-12,14H,1-4H3,(H,23,25)/t14-/m0/s1. The highest BCUT2D eigenvalue weighted by molar-refractivity contribution is 6.00. The first-order valence-corrected chi connectivity index (χ1v) is 8.33. The Morgan fingerprint density at radius 1 is 1.04 bits per heavy atom. The summed E-state index contributed by atoms with van der Waals surface area (Å²) in [5, 5.41) is 11.6. The smallest absolute Gasteiger partial charge is 0.229 e. The van der Waals surface area contributed by atoms with Crippen LogP contribution in [0.1, 0.15) is 43.6 Å². The van der Waals surface area contributed by atoms with Crippen molar-refractivity contribution >= 4 is 17.4 Å². The number of hydrogen-bond acceptors (Lipinski definition) is 4. The highest BCUT2D eigenvalue weighted by Crippen LogP contribution is 2.19. The summed E-state index contributed by atoms with van der Waals surface area (Å²) in [5.41, 5.74) is 1.18. The molecule has 0 unspecified atom stereocenters. The Hall–Kier alpha value is -3.13. The van der Waals surface area contributed by atoms with Gasteiger partial charge in [-0.05, 0) is 55.5 Å². The first-order valence-electron chi connectivity index (χ1n) is 8.33. The zero-order chi connectivity index (χ0) is 19.3. The molecule has 0 aliphatic heterocycles. The number of Topliss-reactive ketones (excluding diaryl/α,β-unsaturated/α-hetero) is 1. The summed E-state index contributed by atoms with van der Waals surface area (Å²) in [7, 11) is 0. The topological polar surface area (TPSA) is 79.2 Å². The van der Waals surface area contributed by atoms with E-state index in [9.17, 15) is 9.59 Å². The summed E-state index contributed by atoms with van der Waals surface area (Å²) < 4.78 is 5.64. The van der Waals surface area contributed by atoms with E-state index in [0.29, 0.717) is 22.6 Å². The lowest BCUT2D eigenvalue weighted by atomic mass is 9.95. The summed E-state index contributed by atoms with van der Waals surface area (Å²) in [5.74, 6) is 0.274. The van der Waals surface area contributed by atoms with Crippen LogP contribution in [0.5, 0.6) is 5.75 Å². The molecule has 0 aromatic heterocycles. The van der Waals surface area contributed by atoms with Gasteiger partial charge in [-0.3, -0.25) is 9.59 Å². The van der Waals surface area contributed by atoms with Crippen molar-refractivity contribution in [2.24, 2.45) is 5.41 Å². The van der Waals surface area contributed by atoms with E-state index in [4.69, 9.17) is 10.00 Å². The van der Waals surface area contributed by atoms with Crippen LogP contribution in [0.25, 0.3) is 0 Å². The minimum absolute atomic E-state index is 0.0888. The number of nitrogens with zero attached hydrogens (tertiary/aromatic N) is 1. The number of nitrogens with one attached hydrogen (secondary N) is 1. The van der Waals surface area contributed by atoms with Crippen LogP contribution in [0.4, 0.5) is 5.69 Å². The molecule has 0 bridgehead atoms. The predicted octanol–water partition coefficient (Wildman–Crippen LogP) is 4.19.